The van der Waals surface area contributed by atoms with Crippen molar-refractivity contribution < 1.29 is 19.8 Å². The van der Waals surface area contributed by atoms with Gasteiger partial charge in [-0.2, -0.15) is 0 Å². The van der Waals surface area contributed by atoms with Crippen molar-refractivity contribution in [2.45, 2.75) is 49.6 Å². The minimum Gasteiger partial charge on any atom is -0.480 e. The molecule has 6 nitrogen and oxygen atoms in total. The average molecular weight is 230 g/mol. The highest BCUT2D eigenvalue weighted by Crippen LogP contribution is 2.31. The third kappa shape index (κ3) is 2.93. The molecule has 2 fully saturated rings. The summed E-state index contributed by atoms with van der Waals surface area (Å²) in [5, 5.41) is 16.7. The fourth-order valence-electron chi connectivity index (χ4n) is 1.57. The number of nitrogens with two attached hydrogens (primary N) is 2. The van der Waals surface area contributed by atoms with Crippen molar-refractivity contribution in [1.82, 2.24) is 0 Å². The van der Waals surface area contributed by atoms with E-state index in [-0.39, 0.29) is 0 Å². The summed E-state index contributed by atoms with van der Waals surface area (Å²) >= 11 is 0. The lowest BCUT2D eigenvalue weighted by Gasteiger charge is -2.15. The Balaban J connectivity index is 0.000000165. The molecule has 16 heavy (non-hydrogen) atoms. The van der Waals surface area contributed by atoms with Crippen molar-refractivity contribution in [1.29, 1.82) is 0 Å². The molecule has 0 aliphatic heterocycles. The highest BCUT2D eigenvalue weighted by Gasteiger charge is 2.46. The quantitative estimate of drug-likeness (QED) is 0.525. The number of carboxylic acid groups (broad SMARTS) is 2. The number of carboxylic acids is 2. The molecule has 2 aliphatic rings. The Morgan fingerprint density at radius 3 is 1.25 bits per heavy atom. The Bertz CT molecular complexity index is 293. The van der Waals surface area contributed by atoms with Crippen molar-refractivity contribution in [2.75, 3.05) is 0 Å². The number of rotatable bonds is 2. The summed E-state index contributed by atoms with van der Waals surface area (Å²) in [6.07, 6.45) is 4.49. The van der Waals surface area contributed by atoms with Crippen LogP contribution in [-0.2, 0) is 9.59 Å². The summed E-state index contributed by atoms with van der Waals surface area (Å²) in [7, 11) is 0. The van der Waals surface area contributed by atoms with Crippen LogP contribution in [0.25, 0.3) is 0 Å². The van der Waals surface area contributed by atoms with Gasteiger partial charge in [0, 0.05) is 0 Å². The van der Waals surface area contributed by atoms with Crippen LogP contribution in [0.3, 0.4) is 0 Å². The third-order valence-corrected chi connectivity index (χ3v) is 3.14. The van der Waals surface area contributed by atoms with E-state index in [4.69, 9.17) is 21.7 Å². The monoisotopic (exact) mass is 230 g/mol. The van der Waals surface area contributed by atoms with Gasteiger partial charge in [-0.1, -0.05) is 12.8 Å². The lowest BCUT2D eigenvalue weighted by molar-refractivity contribution is -0.143. The molecule has 2 rings (SSSR count). The van der Waals surface area contributed by atoms with Gasteiger partial charge in [0.25, 0.3) is 0 Å². The molecule has 0 unspecified atom stereocenters. The molecule has 0 atom stereocenters. The molecule has 0 aromatic heterocycles. The van der Waals surface area contributed by atoms with E-state index in [0.29, 0.717) is 25.7 Å². The van der Waals surface area contributed by atoms with E-state index in [2.05, 4.69) is 0 Å². The molecular formula is C10H18N2O4. The Hall–Kier alpha value is -1.14. The largest absolute Gasteiger partial charge is 0.480 e. The normalized spacial score (nSPS) is 24.1. The highest BCUT2D eigenvalue weighted by molar-refractivity contribution is 5.81. The molecule has 92 valence electrons. The Morgan fingerprint density at radius 2 is 1.12 bits per heavy atom. The molecule has 2 aliphatic carbocycles. The predicted molar refractivity (Wildman–Crippen MR) is 56.8 cm³/mol. The molecule has 0 aromatic rings. The maximum absolute atomic E-state index is 10.4. The summed E-state index contributed by atoms with van der Waals surface area (Å²) in [6, 6.07) is 0. The van der Waals surface area contributed by atoms with Crippen LogP contribution in [0.5, 0.6) is 0 Å². The first-order valence-corrected chi connectivity index (χ1v) is 5.35. The van der Waals surface area contributed by atoms with Gasteiger partial charge in [0.2, 0.25) is 0 Å². The number of carbonyl (C=O) groups is 2. The van der Waals surface area contributed by atoms with Crippen molar-refractivity contribution in [3.05, 3.63) is 0 Å². The highest BCUT2D eigenvalue weighted by atomic mass is 16.4. The van der Waals surface area contributed by atoms with Gasteiger partial charge >= 0.3 is 11.9 Å². The lowest BCUT2D eigenvalue weighted by atomic mass is 10.0. The van der Waals surface area contributed by atoms with Gasteiger partial charge in [-0.3, -0.25) is 9.59 Å². The van der Waals surface area contributed by atoms with Crippen molar-refractivity contribution in [3.63, 3.8) is 0 Å². The van der Waals surface area contributed by atoms with E-state index in [9.17, 15) is 9.59 Å². The fraction of sp³-hybridized carbons (Fsp3) is 0.800. The molecule has 0 saturated heterocycles. The summed E-state index contributed by atoms with van der Waals surface area (Å²) in [5.74, 6) is -1.72. The number of aliphatic carboxylic acids is 2. The van der Waals surface area contributed by atoms with Crippen molar-refractivity contribution in [3.8, 4) is 0 Å². The summed E-state index contributed by atoms with van der Waals surface area (Å²) in [4.78, 5) is 20.4. The van der Waals surface area contributed by atoms with Gasteiger partial charge in [0.15, 0.2) is 0 Å². The zero-order valence-corrected chi connectivity index (χ0v) is 9.11. The minimum absolute atomic E-state index is 0.641. The van der Waals surface area contributed by atoms with E-state index in [1.807, 2.05) is 0 Å². The first-order valence-electron chi connectivity index (χ1n) is 5.35. The first-order chi connectivity index (χ1) is 7.30. The van der Waals surface area contributed by atoms with E-state index >= 15 is 0 Å². The van der Waals surface area contributed by atoms with Crippen LogP contribution in [0.2, 0.25) is 0 Å². The molecule has 0 aromatic carbocycles. The van der Waals surface area contributed by atoms with Crippen LogP contribution in [-0.4, -0.2) is 33.2 Å². The molecule has 0 amide bonds. The second-order valence-corrected chi connectivity index (χ2v) is 4.63. The number of hydrogen-bond acceptors (Lipinski definition) is 4. The van der Waals surface area contributed by atoms with Crippen LogP contribution in [0.1, 0.15) is 38.5 Å². The maximum atomic E-state index is 10.4. The standard InChI is InChI=1S/C6H11NO2.C4H7NO2/c7-6(5(8)9)3-1-2-4-6;5-4(1-2-4)3(6)7/h1-4,7H2,(H,8,9);1-2,5H2,(H,6,7). The van der Waals surface area contributed by atoms with Crippen molar-refractivity contribution >= 4 is 11.9 Å². The number of hydrogen-bond donors (Lipinski definition) is 4. The molecule has 6 N–H and O–H groups in total. The predicted octanol–water partition coefficient (Wildman–Crippen LogP) is -0.0952. The Kier molecular flexibility index (Phi) is 3.54. The van der Waals surface area contributed by atoms with Crippen LogP contribution < -0.4 is 11.5 Å². The van der Waals surface area contributed by atoms with E-state index in [1.165, 1.54) is 0 Å². The van der Waals surface area contributed by atoms with Crippen LogP contribution in [0, 0.1) is 0 Å². The van der Waals surface area contributed by atoms with Crippen LogP contribution in [0.15, 0.2) is 0 Å². The molecule has 0 bridgehead atoms. The molecule has 0 heterocycles. The molecule has 2 saturated carbocycles. The van der Waals surface area contributed by atoms with Crippen LogP contribution in [0.4, 0.5) is 0 Å². The Morgan fingerprint density at radius 1 is 0.812 bits per heavy atom. The van der Waals surface area contributed by atoms with E-state index < -0.39 is 23.0 Å². The lowest BCUT2D eigenvalue weighted by Crippen LogP contribution is -2.44. The third-order valence-electron chi connectivity index (χ3n) is 3.14. The van der Waals surface area contributed by atoms with Gasteiger partial charge in [0.1, 0.15) is 11.1 Å². The topological polar surface area (TPSA) is 127 Å². The molecular weight excluding hydrogens is 212 g/mol. The van der Waals surface area contributed by atoms with Crippen LogP contribution >= 0.6 is 0 Å². The average Bonchev–Trinajstić information content (AvgIpc) is 2.78. The fourth-order valence-corrected chi connectivity index (χ4v) is 1.57. The molecule has 0 radical (unpaired) electrons. The first kappa shape index (κ1) is 12.9. The van der Waals surface area contributed by atoms with Crippen molar-refractivity contribution in [2.24, 2.45) is 11.5 Å². The van der Waals surface area contributed by atoms with Gasteiger partial charge in [0.05, 0.1) is 0 Å². The van der Waals surface area contributed by atoms with Gasteiger partial charge in [-0.15, -0.1) is 0 Å². The zero-order chi connectivity index (χ0) is 12.4. The molecule has 6 heteroatoms. The van der Waals surface area contributed by atoms with Gasteiger partial charge < -0.3 is 21.7 Å². The smallest absolute Gasteiger partial charge is 0.323 e. The Labute approximate surface area is 93.6 Å². The minimum atomic E-state index is -0.889. The second kappa shape index (κ2) is 4.39. The summed E-state index contributed by atoms with van der Waals surface area (Å²) < 4.78 is 0. The molecule has 0 spiro atoms. The maximum Gasteiger partial charge on any atom is 0.323 e. The second-order valence-electron chi connectivity index (χ2n) is 4.63. The summed E-state index contributed by atoms with van der Waals surface area (Å²) in [6.45, 7) is 0. The SMILES string of the molecule is NC1(C(=O)O)CC1.NC1(C(=O)O)CCCC1. The summed E-state index contributed by atoms with van der Waals surface area (Å²) in [5.41, 5.74) is 8.97. The van der Waals surface area contributed by atoms with E-state index in [1.54, 1.807) is 0 Å². The van der Waals surface area contributed by atoms with Gasteiger partial charge in [-0.25, -0.2) is 0 Å². The van der Waals surface area contributed by atoms with Gasteiger partial charge in [-0.05, 0) is 25.7 Å². The zero-order valence-electron chi connectivity index (χ0n) is 9.11. The van der Waals surface area contributed by atoms with E-state index in [0.717, 1.165) is 12.8 Å².